The Hall–Kier alpha value is -3.78. The first kappa shape index (κ1) is 28.2. The topological polar surface area (TPSA) is 214 Å². The Morgan fingerprint density at radius 3 is 2.26 bits per heavy atom. The summed E-state index contributed by atoms with van der Waals surface area (Å²) in [7, 11) is 6.28. The van der Waals surface area contributed by atoms with Crippen molar-refractivity contribution in [3.8, 4) is 5.75 Å². The molecule has 3 aliphatic rings. The van der Waals surface area contributed by atoms with Crippen molar-refractivity contribution in [2.75, 3.05) is 40.1 Å². The number of anilines is 1. The molecule has 0 saturated heterocycles. The van der Waals surface area contributed by atoms with Crippen LogP contribution in [-0.4, -0.2) is 111 Å². The molecule has 0 aromatic heterocycles. The molecule has 210 valence electrons. The third-order valence-corrected chi connectivity index (χ3v) is 7.87. The number of benzene rings is 1. The minimum absolute atomic E-state index is 0.00673. The molecule has 0 radical (unpaired) electrons. The number of fused-ring (bicyclic) bond motifs is 3. The molecule has 39 heavy (non-hydrogen) atoms. The average Bonchev–Trinajstić information content (AvgIpc) is 2.82. The van der Waals surface area contributed by atoms with E-state index in [1.54, 1.807) is 25.9 Å². The fourth-order valence-electron chi connectivity index (χ4n) is 6.20. The Bertz CT molecular complexity index is 1370. The lowest BCUT2D eigenvalue weighted by Crippen LogP contribution is -2.68. The number of amides is 2. The Labute approximate surface area is 223 Å². The lowest BCUT2D eigenvalue weighted by atomic mass is 9.55. The molecular weight excluding hydrogens is 512 g/mol. The number of Topliss-reactive ketones (excluding diaryl/α,β-unsaturated/α-hetero) is 2. The highest BCUT2D eigenvalue weighted by atomic mass is 16.4. The van der Waals surface area contributed by atoms with Gasteiger partial charge < -0.3 is 41.5 Å². The molecule has 13 heteroatoms. The number of likely N-dealkylation sites (N-methyl/N-ethyl adjacent to an activating group) is 2. The summed E-state index contributed by atoms with van der Waals surface area (Å²) in [6.07, 6.45) is -1.68. The third kappa shape index (κ3) is 3.92. The fourth-order valence-corrected chi connectivity index (χ4v) is 6.20. The summed E-state index contributed by atoms with van der Waals surface area (Å²) in [5, 5.41) is 59.0. The van der Waals surface area contributed by atoms with Crippen LogP contribution < -0.4 is 11.1 Å². The van der Waals surface area contributed by atoms with Crippen LogP contribution in [0.2, 0.25) is 0 Å². The number of carbonyl (C=O) groups excluding carboxylic acids is 4. The van der Waals surface area contributed by atoms with Gasteiger partial charge in [0.1, 0.15) is 17.1 Å². The number of phenolic OH excluding ortho intramolecular Hbond substituents is 1. The number of nitrogens with one attached hydrogen (secondary N) is 1. The van der Waals surface area contributed by atoms with Gasteiger partial charge in [-0.25, -0.2) is 0 Å². The van der Waals surface area contributed by atoms with Crippen LogP contribution in [-0.2, 0) is 14.4 Å². The quantitative estimate of drug-likeness (QED) is 0.179. The predicted molar refractivity (Wildman–Crippen MR) is 137 cm³/mol. The molecule has 0 bridgehead atoms. The van der Waals surface area contributed by atoms with Crippen LogP contribution in [0.3, 0.4) is 0 Å². The number of rotatable bonds is 5. The zero-order chi connectivity index (χ0) is 29.3. The maximum Gasteiger partial charge on any atom is 0.255 e. The van der Waals surface area contributed by atoms with Crippen LogP contribution in [0.25, 0.3) is 0 Å². The molecule has 0 aliphatic heterocycles. The number of aliphatic hydroxyl groups is 4. The maximum absolute atomic E-state index is 13.8. The molecule has 8 N–H and O–H groups in total. The minimum Gasteiger partial charge on any atom is -0.510 e. The summed E-state index contributed by atoms with van der Waals surface area (Å²) >= 11 is 0. The lowest BCUT2D eigenvalue weighted by molar-refractivity contribution is -0.162. The van der Waals surface area contributed by atoms with Crippen molar-refractivity contribution in [3.05, 3.63) is 45.9 Å². The summed E-state index contributed by atoms with van der Waals surface area (Å²) < 4.78 is 0. The molecule has 0 spiro atoms. The van der Waals surface area contributed by atoms with Crippen molar-refractivity contribution in [1.82, 2.24) is 9.80 Å². The van der Waals surface area contributed by atoms with Gasteiger partial charge in [-0.15, -0.1) is 0 Å². The second kappa shape index (κ2) is 9.45. The Balaban J connectivity index is 1.94. The zero-order valence-electron chi connectivity index (χ0n) is 22.1. The third-order valence-electron chi connectivity index (χ3n) is 7.87. The summed E-state index contributed by atoms with van der Waals surface area (Å²) in [5.41, 5.74) is 0.792. The SMILES string of the molecule is CC1c2ccc(NC(=O)CN(C)C)c(O)c2C(=O)C2=C(O)[C@]3(O)C(=O)C(C(N)=O)=C(O)[C@@H](N(C)C)C3C(O)C21. The van der Waals surface area contributed by atoms with Crippen LogP contribution in [0.15, 0.2) is 34.8 Å². The highest BCUT2D eigenvalue weighted by molar-refractivity contribution is 6.25. The zero-order valence-corrected chi connectivity index (χ0v) is 22.1. The van der Waals surface area contributed by atoms with E-state index in [4.69, 9.17) is 5.73 Å². The number of ketones is 2. The standard InChI is InChI=1S/C26H32N4O9/c1-9-10-6-7-11(28-12(31)8-29(2)3)19(32)14(10)20(33)15-13(9)21(34)17-18(30(4)5)22(35)16(25(27)38)24(37)26(17,39)23(15)36/h6-7,9,13,17-18,21,32,34-36,39H,8H2,1-5H3,(H2,27,38)(H,28,31)/t9?,13?,17?,18-,21?,26-/m0/s1. The van der Waals surface area contributed by atoms with E-state index in [2.05, 4.69) is 5.32 Å². The normalized spacial score (nSPS) is 30.3. The van der Waals surface area contributed by atoms with Crippen molar-refractivity contribution in [1.29, 1.82) is 0 Å². The average molecular weight is 545 g/mol. The highest BCUT2D eigenvalue weighted by Gasteiger charge is 2.67. The summed E-state index contributed by atoms with van der Waals surface area (Å²) in [6.45, 7) is 1.62. The van der Waals surface area contributed by atoms with E-state index >= 15 is 0 Å². The molecular formula is C26H32N4O9. The number of phenols is 1. The van der Waals surface area contributed by atoms with Gasteiger partial charge in [0.2, 0.25) is 11.7 Å². The van der Waals surface area contributed by atoms with Crippen molar-refractivity contribution in [2.45, 2.75) is 30.6 Å². The molecule has 1 aromatic rings. The molecule has 4 unspecified atom stereocenters. The maximum atomic E-state index is 13.8. The number of nitrogens with two attached hydrogens (primary N) is 1. The van der Waals surface area contributed by atoms with Crippen molar-refractivity contribution >= 4 is 29.1 Å². The van der Waals surface area contributed by atoms with E-state index in [0.29, 0.717) is 5.56 Å². The Kier molecular flexibility index (Phi) is 6.84. The van der Waals surface area contributed by atoms with Crippen molar-refractivity contribution < 1.29 is 44.7 Å². The van der Waals surface area contributed by atoms with Crippen LogP contribution in [0.4, 0.5) is 5.69 Å². The van der Waals surface area contributed by atoms with Gasteiger partial charge in [0.25, 0.3) is 5.91 Å². The van der Waals surface area contributed by atoms with Crippen LogP contribution in [0.1, 0.15) is 28.8 Å². The molecule has 0 heterocycles. The van der Waals surface area contributed by atoms with Gasteiger partial charge in [0, 0.05) is 11.5 Å². The molecule has 3 aliphatic carbocycles. The van der Waals surface area contributed by atoms with Crippen LogP contribution >= 0.6 is 0 Å². The first-order valence-electron chi connectivity index (χ1n) is 12.2. The Morgan fingerprint density at radius 1 is 1.10 bits per heavy atom. The van der Waals surface area contributed by atoms with E-state index in [1.165, 1.54) is 31.1 Å². The number of aliphatic hydroxyl groups excluding tert-OH is 3. The molecule has 0 fully saturated rings. The van der Waals surface area contributed by atoms with Gasteiger partial charge >= 0.3 is 0 Å². The molecule has 0 saturated carbocycles. The summed E-state index contributed by atoms with van der Waals surface area (Å²) in [5.74, 6) is -10.2. The van der Waals surface area contributed by atoms with Crippen LogP contribution in [0.5, 0.6) is 5.75 Å². The van der Waals surface area contributed by atoms with E-state index < -0.39 is 87.3 Å². The highest BCUT2D eigenvalue weighted by Crippen LogP contribution is 2.56. The number of aromatic hydroxyl groups is 1. The summed E-state index contributed by atoms with van der Waals surface area (Å²) in [4.78, 5) is 54.5. The second-order valence-electron chi connectivity index (χ2n) is 10.8. The molecule has 1 aromatic carbocycles. The van der Waals surface area contributed by atoms with Gasteiger partial charge in [-0.05, 0) is 45.7 Å². The van der Waals surface area contributed by atoms with Gasteiger partial charge in [0.05, 0.1) is 35.9 Å². The first-order chi connectivity index (χ1) is 18.1. The van der Waals surface area contributed by atoms with E-state index in [1.807, 2.05) is 0 Å². The van der Waals surface area contributed by atoms with Crippen molar-refractivity contribution in [3.63, 3.8) is 0 Å². The molecule has 4 rings (SSSR count). The smallest absolute Gasteiger partial charge is 0.255 e. The van der Waals surface area contributed by atoms with Gasteiger partial charge in [-0.1, -0.05) is 13.0 Å². The number of nitrogens with zero attached hydrogens (tertiary/aromatic N) is 2. The van der Waals surface area contributed by atoms with Gasteiger partial charge in [-0.2, -0.15) is 0 Å². The molecule has 13 nitrogen and oxygen atoms in total. The predicted octanol–water partition coefficient (Wildman–Crippen LogP) is -0.847. The monoisotopic (exact) mass is 544 g/mol. The molecule has 6 atom stereocenters. The second-order valence-corrected chi connectivity index (χ2v) is 10.8. The Morgan fingerprint density at radius 2 is 1.72 bits per heavy atom. The number of primary amides is 1. The van der Waals surface area contributed by atoms with Gasteiger partial charge in [-0.3, -0.25) is 24.1 Å². The first-order valence-corrected chi connectivity index (χ1v) is 12.2. The van der Waals surface area contributed by atoms with Crippen molar-refractivity contribution in [2.24, 2.45) is 17.6 Å². The van der Waals surface area contributed by atoms with E-state index in [9.17, 15) is 44.7 Å². The minimum atomic E-state index is -2.99. The fraction of sp³-hybridized carbons (Fsp3) is 0.462. The van der Waals surface area contributed by atoms with Crippen LogP contribution in [0, 0.1) is 11.8 Å². The van der Waals surface area contributed by atoms with Gasteiger partial charge in [0.15, 0.2) is 17.1 Å². The number of hydrogen-bond donors (Lipinski definition) is 7. The summed E-state index contributed by atoms with van der Waals surface area (Å²) in [6, 6.07) is 1.58. The molecule has 2 amide bonds. The number of carbonyl (C=O) groups is 4. The largest absolute Gasteiger partial charge is 0.510 e. The van der Waals surface area contributed by atoms with E-state index in [-0.39, 0.29) is 17.8 Å². The number of hydrogen-bond acceptors (Lipinski definition) is 11. The lowest BCUT2D eigenvalue weighted by Gasteiger charge is -2.53. The van der Waals surface area contributed by atoms with E-state index in [0.717, 1.165) is 0 Å².